The predicted octanol–water partition coefficient (Wildman–Crippen LogP) is 2.27. The minimum absolute atomic E-state index is 0.566. The summed E-state index contributed by atoms with van der Waals surface area (Å²) in [4.78, 5) is 8.48. The topological polar surface area (TPSA) is 56.3 Å². The second-order valence-electron chi connectivity index (χ2n) is 4.47. The van der Waals surface area contributed by atoms with E-state index in [0.717, 1.165) is 19.0 Å². The van der Waals surface area contributed by atoms with E-state index in [2.05, 4.69) is 29.1 Å². The van der Waals surface area contributed by atoms with Crippen LogP contribution in [0.1, 0.15) is 26.6 Å². The molecule has 1 rings (SSSR count). The summed E-state index contributed by atoms with van der Waals surface area (Å²) in [7, 11) is 0. The summed E-state index contributed by atoms with van der Waals surface area (Å²) in [5.41, 5.74) is 0. The van der Waals surface area contributed by atoms with Crippen molar-refractivity contribution in [2.24, 2.45) is 5.92 Å². The lowest BCUT2D eigenvalue weighted by atomic mass is 10.2. The molecule has 0 aliphatic heterocycles. The largest absolute Gasteiger partial charge is 0.478 e. The fourth-order valence-corrected chi connectivity index (χ4v) is 1.42. The maximum Gasteiger partial charge on any atom is 0.218 e. The van der Waals surface area contributed by atoms with Gasteiger partial charge in [-0.15, -0.1) is 0 Å². The number of hydrogen-bond donors (Lipinski definition) is 1. The fraction of sp³-hybridized carbons (Fsp3) is 0.692. The van der Waals surface area contributed by atoms with Crippen LogP contribution in [0.3, 0.4) is 0 Å². The highest BCUT2D eigenvalue weighted by Gasteiger charge is 2.02. The smallest absolute Gasteiger partial charge is 0.218 e. The molecule has 18 heavy (non-hydrogen) atoms. The van der Waals surface area contributed by atoms with E-state index in [4.69, 9.17) is 9.47 Å². The van der Waals surface area contributed by atoms with Gasteiger partial charge in [-0.3, -0.25) is 0 Å². The van der Waals surface area contributed by atoms with Crippen molar-refractivity contribution in [1.82, 2.24) is 9.97 Å². The molecule has 5 heteroatoms. The third-order valence-corrected chi connectivity index (χ3v) is 2.11. The Morgan fingerprint density at radius 1 is 1.33 bits per heavy atom. The van der Waals surface area contributed by atoms with Gasteiger partial charge in [0, 0.05) is 19.2 Å². The Morgan fingerprint density at radius 3 is 2.78 bits per heavy atom. The summed E-state index contributed by atoms with van der Waals surface area (Å²) in [5.74, 6) is 2.65. The fourth-order valence-electron chi connectivity index (χ4n) is 1.42. The molecule has 0 fully saturated rings. The van der Waals surface area contributed by atoms with Crippen molar-refractivity contribution < 1.29 is 9.47 Å². The summed E-state index contributed by atoms with van der Waals surface area (Å²) in [5, 5.41) is 3.20. The molecule has 0 amide bonds. The van der Waals surface area contributed by atoms with E-state index in [1.807, 2.05) is 13.8 Å². The molecule has 0 unspecified atom stereocenters. The molecule has 1 N–H and O–H groups in total. The Bertz CT molecular complexity index is 356. The highest BCUT2D eigenvalue weighted by Crippen LogP contribution is 2.12. The van der Waals surface area contributed by atoms with E-state index in [9.17, 15) is 0 Å². The molecular weight excluding hydrogens is 230 g/mol. The first-order valence-corrected chi connectivity index (χ1v) is 6.42. The van der Waals surface area contributed by atoms with Crippen molar-refractivity contribution >= 4 is 5.82 Å². The van der Waals surface area contributed by atoms with Crippen molar-refractivity contribution in [3.63, 3.8) is 0 Å². The molecular formula is C13H23N3O2. The number of nitrogens with one attached hydrogen (secondary N) is 1. The monoisotopic (exact) mass is 253 g/mol. The number of nitrogens with zero attached hydrogens (tertiary/aromatic N) is 2. The van der Waals surface area contributed by atoms with Crippen LogP contribution < -0.4 is 10.1 Å². The Kier molecular flexibility index (Phi) is 6.43. The van der Waals surface area contributed by atoms with Crippen molar-refractivity contribution in [2.45, 2.75) is 27.7 Å². The Morgan fingerprint density at radius 2 is 2.11 bits per heavy atom. The predicted molar refractivity (Wildman–Crippen MR) is 72.1 cm³/mol. The molecule has 1 aromatic rings. The third kappa shape index (κ3) is 5.82. The number of ether oxygens (including phenoxy) is 2. The third-order valence-electron chi connectivity index (χ3n) is 2.11. The van der Waals surface area contributed by atoms with Gasteiger partial charge in [-0.1, -0.05) is 13.8 Å². The standard InChI is InChI=1S/C13H23N3O2/c1-5-18-13-8-12(15-11(4)16-13)14-6-7-17-9-10(2)3/h8,10H,5-7,9H2,1-4H3,(H,14,15,16). The van der Waals surface area contributed by atoms with Gasteiger partial charge >= 0.3 is 0 Å². The van der Waals surface area contributed by atoms with Crippen LogP contribution in [0.2, 0.25) is 0 Å². The number of rotatable bonds is 8. The van der Waals surface area contributed by atoms with Gasteiger partial charge in [-0.2, -0.15) is 4.98 Å². The number of hydrogen-bond acceptors (Lipinski definition) is 5. The van der Waals surface area contributed by atoms with Gasteiger partial charge in [0.05, 0.1) is 13.2 Å². The van der Waals surface area contributed by atoms with Crippen molar-refractivity contribution in [3.05, 3.63) is 11.9 Å². The Labute approximate surface area is 109 Å². The van der Waals surface area contributed by atoms with Crippen LogP contribution in [-0.4, -0.2) is 36.3 Å². The van der Waals surface area contributed by atoms with Gasteiger partial charge in [0.15, 0.2) is 0 Å². The van der Waals surface area contributed by atoms with Gasteiger partial charge in [-0.05, 0) is 19.8 Å². The number of aromatic nitrogens is 2. The molecule has 0 aliphatic carbocycles. The highest BCUT2D eigenvalue weighted by molar-refractivity contribution is 5.38. The van der Waals surface area contributed by atoms with Crippen LogP contribution in [0.4, 0.5) is 5.82 Å². The first-order chi connectivity index (χ1) is 8.61. The lowest BCUT2D eigenvalue weighted by Gasteiger charge is -2.10. The van der Waals surface area contributed by atoms with Crippen LogP contribution in [0.5, 0.6) is 5.88 Å². The molecule has 0 bridgehead atoms. The summed E-state index contributed by atoms with van der Waals surface area (Å²) in [6.45, 7) is 10.8. The quantitative estimate of drug-likeness (QED) is 0.720. The first kappa shape index (κ1) is 14.7. The summed E-state index contributed by atoms with van der Waals surface area (Å²) < 4.78 is 10.9. The molecule has 0 radical (unpaired) electrons. The number of anilines is 1. The SMILES string of the molecule is CCOc1cc(NCCOCC(C)C)nc(C)n1. The molecule has 0 saturated carbocycles. The van der Waals surface area contributed by atoms with E-state index < -0.39 is 0 Å². The van der Waals surface area contributed by atoms with Crippen LogP contribution in [0, 0.1) is 12.8 Å². The maximum atomic E-state index is 5.49. The first-order valence-electron chi connectivity index (χ1n) is 6.42. The second-order valence-corrected chi connectivity index (χ2v) is 4.47. The van der Waals surface area contributed by atoms with Gasteiger partial charge in [0.2, 0.25) is 5.88 Å². The van der Waals surface area contributed by atoms with Crippen LogP contribution in [0.15, 0.2) is 6.07 Å². The molecule has 0 aliphatic rings. The van der Waals surface area contributed by atoms with Crippen LogP contribution in [0.25, 0.3) is 0 Å². The zero-order valence-corrected chi connectivity index (χ0v) is 11.7. The maximum absolute atomic E-state index is 5.49. The van der Waals surface area contributed by atoms with E-state index in [0.29, 0.717) is 30.8 Å². The highest BCUT2D eigenvalue weighted by atomic mass is 16.5. The second kappa shape index (κ2) is 7.87. The lowest BCUT2D eigenvalue weighted by molar-refractivity contribution is 0.118. The van der Waals surface area contributed by atoms with Crippen molar-refractivity contribution in [2.75, 3.05) is 31.7 Å². The molecule has 0 atom stereocenters. The Balaban J connectivity index is 2.37. The number of aryl methyl sites for hydroxylation is 1. The summed E-state index contributed by atoms with van der Waals surface area (Å²) in [6.07, 6.45) is 0. The van der Waals surface area contributed by atoms with Gasteiger partial charge < -0.3 is 14.8 Å². The van der Waals surface area contributed by atoms with Gasteiger partial charge in [-0.25, -0.2) is 4.98 Å². The average molecular weight is 253 g/mol. The molecule has 0 aromatic carbocycles. The summed E-state index contributed by atoms with van der Waals surface area (Å²) in [6, 6.07) is 1.80. The molecule has 0 spiro atoms. The zero-order valence-electron chi connectivity index (χ0n) is 11.7. The minimum Gasteiger partial charge on any atom is -0.478 e. The van der Waals surface area contributed by atoms with Crippen LogP contribution in [-0.2, 0) is 4.74 Å². The minimum atomic E-state index is 0.566. The molecule has 102 valence electrons. The molecule has 1 aromatic heterocycles. The zero-order chi connectivity index (χ0) is 13.4. The van der Waals surface area contributed by atoms with Gasteiger partial charge in [0.1, 0.15) is 11.6 Å². The van der Waals surface area contributed by atoms with E-state index in [1.54, 1.807) is 6.07 Å². The summed E-state index contributed by atoms with van der Waals surface area (Å²) >= 11 is 0. The van der Waals surface area contributed by atoms with Crippen molar-refractivity contribution in [1.29, 1.82) is 0 Å². The van der Waals surface area contributed by atoms with E-state index >= 15 is 0 Å². The van der Waals surface area contributed by atoms with Crippen molar-refractivity contribution in [3.8, 4) is 5.88 Å². The van der Waals surface area contributed by atoms with E-state index in [-0.39, 0.29) is 0 Å². The average Bonchev–Trinajstić information content (AvgIpc) is 2.28. The lowest BCUT2D eigenvalue weighted by Crippen LogP contribution is -2.13. The molecule has 0 saturated heterocycles. The normalized spacial score (nSPS) is 10.7. The molecule has 1 heterocycles. The Hall–Kier alpha value is -1.36. The van der Waals surface area contributed by atoms with Gasteiger partial charge in [0.25, 0.3) is 0 Å². The van der Waals surface area contributed by atoms with E-state index in [1.165, 1.54) is 0 Å². The molecule has 5 nitrogen and oxygen atoms in total. The van der Waals surface area contributed by atoms with Crippen LogP contribution >= 0.6 is 0 Å².